The molecule has 0 radical (unpaired) electrons. The number of nitrogens with two attached hydrogens (primary N) is 1. The fourth-order valence-electron chi connectivity index (χ4n) is 2.48. The molecule has 0 aliphatic carbocycles. The Kier molecular flexibility index (Phi) is 3.71. The van der Waals surface area contributed by atoms with Gasteiger partial charge in [0.2, 0.25) is 0 Å². The summed E-state index contributed by atoms with van der Waals surface area (Å²) in [6.45, 7) is 8.75. The lowest BCUT2D eigenvalue weighted by Crippen LogP contribution is -2.19. The summed E-state index contributed by atoms with van der Waals surface area (Å²) < 4.78 is 2.27. The van der Waals surface area contributed by atoms with Crippen LogP contribution in [0.1, 0.15) is 52.0 Å². The van der Waals surface area contributed by atoms with Crippen LogP contribution in [0.25, 0.3) is 11.0 Å². The molecule has 1 aromatic heterocycles. The molecule has 3 nitrogen and oxygen atoms in total. The molecule has 0 aliphatic rings. The topological polar surface area (TPSA) is 43.8 Å². The van der Waals surface area contributed by atoms with Crippen LogP contribution in [0.5, 0.6) is 0 Å². The predicted molar refractivity (Wildman–Crippen MR) is 76.5 cm³/mol. The van der Waals surface area contributed by atoms with E-state index >= 15 is 0 Å². The van der Waals surface area contributed by atoms with Crippen LogP contribution in [0.4, 0.5) is 0 Å². The van der Waals surface area contributed by atoms with Crippen LogP contribution in [-0.4, -0.2) is 9.55 Å². The molecule has 18 heavy (non-hydrogen) atoms. The highest BCUT2D eigenvalue weighted by molar-refractivity contribution is 5.76. The molecule has 0 amide bonds. The van der Waals surface area contributed by atoms with Crippen LogP contribution in [0.2, 0.25) is 0 Å². The van der Waals surface area contributed by atoms with E-state index in [2.05, 4.69) is 50.5 Å². The van der Waals surface area contributed by atoms with E-state index in [0.717, 1.165) is 17.8 Å². The normalized spacial score (nSPS) is 13.7. The summed E-state index contributed by atoms with van der Waals surface area (Å²) >= 11 is 0. The van der Waals surface area contributed by atoms with E-state index in [0.29, 0.717) is 12.0 Å². The first-order valence-corrected chi connectivity index (χ1v) is 6.73. The Morgan fingerprint density at radius 1 is 1.17 bits per heavy atom. The predicted octanol–water partition coefficient (Wildman–Crippen LogP) is 3.66. The smallest absolute Gasteiger partial charge is 0.127 e. The molecular formula is C15H23N3. The third kappa shape index (κ3) is 2.41. The number of hydrogen-bond donors (Lipinski definition) is 1. The lowest BCUT2D eigenvalue weighted by atomic mass is 10.0. The minimum Gasteiger partial charge on any atom is -0.324 e. The molecule has 2 aromatic rings. The summed E-state index contributed by atoms with van der Waals surface area (Å²) in [7, 11) is 0. The molecule has 1 aromatic carbocycles. The number of para-hydroxylation sites is 2. The molecule has 0 spiro atoms. The number of aromatic nitrogens is 2. The number of nitrogens with zero attached hydrogens (tertiary/aromatic N) is 2. The van der Waals surface area contributed by atoms with Gasteiger partial charge < -0.3 is 10.3 Å². The molecule has 3 heteroatoms. The van der Waals surface area contributed by atoms with E-state index in [-0.39, 0.29) is 6.04 Å². The van der Waals surface area contributed by atoms with E-state index in [4.69, 9.17) is 10.7 Å². The van der Waals surface area contributed by atoms with Gasteiger partial charge >= 0.3 is 0 Å². The Balaban J connectivity index is 2.52. The quantitative estimate of drug-likeness (QED) is 0.893. The number of fused-ring (bicyclic) bond motifs is 1. The molecule has 98 valence electrons. The van der Waals surface area contributed by atoms with E-state index in [9.17, 15) is 0 Å². The molecule has 0 aliphatic heterocycles. The fourth-order valence-corrected chi connectivity index (χ4v) is 2.48. The van der Waals surface area contributed by atoms with Crippen molar-refractivity contribution in [1.82, 2.24) is 9.55 Å². The van der Waals surface area contributed by atoms with Gasteiger partial charge in [-0.3, -0.25) is 0 Å². The van der Waals surface area contributed by atoms with Gasteiger partial charge in [0.25, 0.3) is 0 Å². The second-order valence-electron chi connectivity index (χ2n) is 5.66. The zero-order valence-corrected chi connectivity index (χ0v) is 11.7. The monoisotopic (exact) mass is 245 g/mol. The Hall–Kier alpha value is -1.35. The van der Waals surface area contributed by atoms with E-state index in [1.807, 2.05) is 6.07 Å². The summed E-state index contributed by atoms with van der Waals surface area (Å²) in [6, 6.07) is 8.65. The van der Waals surface area contributed by atoms with Gasteiger partial charge in [-0.05, 0) is 38.3 Å². The Morgan fingerprint density at radius 2 is 1.83 bits per heavy atom. The summed E-state index contributed by atoms with van der Waals surface area (Å²) in [5, 5.41) is 0. The van der Waals surface area contributed by atoms with Gasteiger partial charge in [0.15, 0.2) is 0 Å². The third-order valence-corrected chi connectivity index (χ3v) is 3.20. The van der Waals surface area contributed by atoms with Crippen molar-refractivity contribution in [3.05, 3.63) is 30.1 Å². The molecule has 1 unspecified atom stereocenters. The number of benzene rings is 1. The average Bonchev–Trinajstić information content (AvgIpc) is 2.67. The third-order valence-electron chi connectivity index (χ3n) is 3.20. The number of rotatable bonds is 4. The highest BCUT2D eigenvalue weighted by Crippen LogP contribution is 2.26. The molecule has 0 saturated carbocycles. The second kappa shape index (κ2) is 5.11. The minimum atomic E-state index is 0.0137. The summed E-state index contributed by atoms with van der Waals surface area (Å²) in [4.78, 5) is 4.72. The minimum absolute atomic E-state index is 0.0137. The first-order chi connectivity index (χ1) is 8.50. The standard InChI is InChI=1S/C15H23N3/c1-10(2)9-12(16)15-17-13-7-5-6-8-14(13)18(15)11(3)4/h5-8,10-12H,9,16H2,1-4H3. The van der Waals surface area contributed by atoms with Crippen molar-refractivity contribution in [3.8, 4) is 0 Å². The van der Waals surface area contributed by atoms with Gasteiger partial charge in [0, 0.05) is 6.04 Å². The van der Waals surface area contributed by atoms with Gasteiger partial charge in [-0.2, -0.15) is 0 Å². The largest absolute Gasteiger partial charge is 0.324 e. The van der Waals surface area contributed by atoms with Crippen molar-refractivity contribution < 1.29 is 0 Å². The maximum absolute atomic E-state index is 6.32. The van der Waals surface area contributed by atoms with Crippen LogP contribution in [-0.2, 0) is 0 Å². The number of imidazole rings is 1. The van der Waals surface area contributed by atoms with Gasteiger partial charge in [0.05, 0.1) is 17.1 Å². The van der Waals surface area contributed by atoms with Gasteiger partial charge in [-0.15, -0.1) is 0 Å². The van der Waals surface area contributed by atoms with Crippen molar-refractivity contribution in [3.63, 3.8) is 0 Å². The molecule has 2 rings (SSSR count). The van der Waals surface area contributed by atoms with Crippen molar-refractivity contribution in [1.29, 1.82) is 0 Å². The molecule has 1 atom stereocenters. The Labute approximate surface area is 109 Å². The van der Waals surface area contributed by atoms with Crippen molar-refractivity contribution in [2.75, 3.05) is 0 Å². The van der Waals surface area contributed by atoms with Gasteiger partial charge in [-0.25, -0.2) is 4.98 Å². The van der Waals surface area contributed by atoms with Crippen LogP contribution >= 0.6 is 0 Å². The zero-order valence-electron chi connectivity index (χ0n) is 11.7. The second-order valence-corrected chi connectivity index (χ2v) is 5.66. The maximum atomic E-state index is 6.32. The molecule has 0 fully saturated rings. The van der Waals surface area contributed by atoms with Crippen LogP contribution in [0.15, 0.2) is 24.3 Å². The first kappa shape index (κ1) is 13.1. The van der Waals surface area contributed by atoms with E-state index in [1.54, 1.807) is 0 Å². The highest BCUT2D eigenvalue weighted by Gasteiger charge is 2.19. The summed E-state index contributed by atoms with van der Waals surface area (Å²) in [5.74, 6) is 1.60. The van der Waals surface area contributed by atoms with Crippen molar-refractivity contribution in [2.24, 2.45) is 11.7 Å². The lowest BCUT2D eigenvalue weighted by Gasteiger charge is -2.18. The van der Waals surface area contributed by atoms with Crippen LogP contribution < -0.4 is 5.73 Å². The highest BCUT2D eigenvalue weighted by atomic mass is 15.1. The summed E-state index contributed by atoms with van der Waals surface area (Å²) in [6.07, 6.45) is 0.968. The first-order valence-electron chi connectivity index (χ1n) is 6.73. The fraction of sp³-hybridized carbons (Fsp3) is 0.533. The van der Waals surface area contributed by atoms with Crippen molar-refractivity contribution >= 4 is 11.0 Å². The van der Waals surface area contributed by atoms with Gasteiger partial charge in [0.1, 0.15) is 5.82 Å². The Bertz CT molecular complexity index is 526. The molecule has 2 N–H and O–H groups in total. The van der Waals surface area contributed by atoms with E-state index in [1.165, 1.54) is 5.52 Å². The van der Waals surface area contributed by atoms with Crippen molar-refractivity contribution in [2.45, 2.75) is 46.2 Å². The lowest BCUT2D eigenvalue weighted by molar-refractivity contribution is 0.463. The van der Waals surface area contributed by atoms with Crippen LogP contribution in [0, 0.1) is 5.92 Å². The SMILES string of the molecule is CC(C)CC(N)c1nc2ccccc2n1C(C)C. The molecular weight excluding hydrogens is 222 g/mol. The molecule has 0 bridgehead atoms. The average molecular weight is 245 g/mol. The molecule has 1 heterocycles. The molecule has 0 saturated heterocycles. The van der Waals surface area contributed by atoms with Gasteiger partial charge in [-0.1, -0.05) is 26.0 Å². The number of hydrogen-bond acceptors (Lipinski definition) is 2. The van der Waals surface area contributed by atoms with Crippen LogP contribution in [0.3, 0.4) is 0 Å². The maximum Gasteiger partial charge on any atom is 0.127 e. The zero-order chi connectivity index (χ0) is 13.3. The summed E-state index contributed by atoms with van der Waals surface area (Å²) in [5.41, 5.74) is 8.54. The Morgan fingerprint density at radius 3 is 2.44 bits per heavy atom. The van der Waals surface area contributed by atoms with E-state index < -0.39 is 0 Å².